The maximum Gasteiger partial charge on any atom is 0.141 e. The smallest absolute Gasteiger partial charge is 0.141 e. The minimum absolute atomic E-state index is 0.143. The number of hydrogen-bond donors (Lipinski definition) is 1. The number of halogens is 2. The van der Waals surface area contributed by atoms with Crippen LogP contribution in [0.1, 0.15) is 11.3 Å². The second kappa shape index (κ2) is 5.40. The van der Waals surface area contributed by atoms with Gasteiger partial charge in [0.25, 0.3) is 0 Å². The molecule has 0 saturated carbocycles. The van der Waals surface area contributed by atoms with E-state index in [-0.39, 0.29) is 5.75 Å². The first-order chi connectivity index (χ1) is 10.1. The van der Waals surface area contributed by atoms with E-state index in [1.165, 1.54) is 0 Å². The standard InChI is InChI=1S/C17H11Cl2NO/c1-10(13-7-6-12(18)9-14(13)19)15-8-5-11-3-2-4-16(21)17(11)20-15/h2-9,21H,1H2. The predicted molar refractivity (Wildman–Crippen MR) is 88.0 cm³/mol. The summed E-state index contributed by atoms with van der Waals surface area (Å²) in [7, 11) is 0. The van der Waals surface area contributed by atoms with E-state index < -0.39 is 0 Å². The van der Waals surface area contributed by atoms with E-state index in [1.807, 2.05) is 24.3 Å². The molecular formula is C17H11Cl2NO. The summed E-state index contributed by atoms with van der Waals surface area (Å²) in [5, 5.41) is 11.9. The van der Waals surface area contributed by atoms with Crippen molar-refractivity contribution in [3.05, 3.63) is 76.4 Å². The summed E-state index contributed by atoms with van der Waals surface area (Å²) in [5.41, 5.74) is 2.65. The fourth-order valence-corrected chi connectivity index (χ4v) is 2.69. The van der Waals surface area contributed by atoms with Gasteiger partial charge in [-0.15, -0.1) is 0 Å². The van der Waals surface area contributed by atoms with Gasteiger partial charge in [0.1, 0.15) is 11.3 Å². The van der Waals surface area contributed by atoms with Gasteiger partial charge < -0.3 is 5.11 Å². The van der Waals surface area contributed by atoms with Crippen molar-refractivity contribution in [3.63, 3.8) is 0 Å². The van der Waals surface area contributed by atoms with Gasteiger partial charge in [0.2, 0.25) is 0 Å². The second-order valence-electron chi connectivity index (χ2n) is 4.65. The Labute approximate surface area is 132 Å². The fraction of sp³-hybridized carbons (Fsp3) is 0. The summed E-state index contributed by atoms with van der Waals surface area (Å²) in [6.45, 7) is 4.05. The molecule has 1 N–H and O–H groups in total. The Balaban J connectivity index is 2.11. The quantitative estimate of drug-likeness (QED) is 0.695. The average molecular weight is 316 g/mol. The lowest BCUT2D eigenvalue weighted by Crippen LogP contribution is -1.92. The predicted octanol–water partition coefficient (Wildman–Crippen LogP) is 5.31. The zero-order chi connectivity index (χ0) is 15.0. The Morgan fingerprint density at radius 3 is 2.62 bits per heavy atom. The van der Waals surface area contributed by atoms with Crippen LogP contribution in [0.15, 0.2) is 55.1 Å². The molecule has 0 aliphatic carbocycles. The Morgan fingerprint density at radius 2 is 1.86 bits per heavy atom. The molecule has 1 aromatic heterocycles. The minimum atomic E-state index is 0.143. The Bertz CT molecular complexity index is 859. The van der Waals surface area contributed by atoms with Gasteiger partial charge in [0, 0.05) is 26.6 Å². The van der Waals surface area contributed by atoms with Gasteiger partial charge in [-0.05, 0) is 24.3 Å². The molecule has 0 amide bonds. The first kappa shape index (κ1) is 13.9. The first-order valence-electron chi connectivity index (χ1n) is 6.30. The Morgan fingerprint density at radius 1 is 1.05 bits per heavy atom. The molecule has 21 heavy (non-hydrogen) atoms. The number of phenolic OH excluding ortho intramolecular Hbond substituents is 1. The molecule has 0 fully saturated rings. The summed E-state index contributed by atoms with van der Waals surface area (Å²) in [4.78, 5) is 4.47. The molecule has 2 nitrogen and oxygen atoms in total. The van der Waals surface area contributed by atoms with E-state index in [2.05, 4.69) is 11.6 Å². The highest BCUT2D eigenvalue weighted by Gasteiger charge is 2.10. The van der Waals surface area contributed by atoms with Gasteiger partial charge in [-0.1, -0.05) is 54.0 Å². The van der Waals surface area contributed by atoms with Crippen LogP contribution < -0.4 is 0 Å². The van der Waals surface area contributed by atoms with E-state index >= 15 is 0 Å². The number of benzene rings is 2. The fourth-order valence-electron chi connectivity index (χ4n) is 2.17. The maximum absolute atomic E-state index is 9.90. The number of phenols is 1. The van der Waals surface area contributed by atoms with Crippen molar-refractivity contribution in [2.24, 2.45) is 0 Å². The van der Waals surface area contributed by atoms with Crippen LogP contribution in [0.2, 0.25) is 10.0 Å². The molecule has 0 radical (unpaired) electrons. The molecular weight excluding hydrogens is 305 g/mol. The van der Waals surface area contributed by atoms with E-state index in [4.69, 9.17) is 23.2 Å². The number of aromatic nitrogens is 1. The van der Waals surface area contributed by atoms with Crippen LogP contribution in [-0.2, 0) is 0 Å². The van der Waals surface area contributed by atoms with Crippen molar-refractivity contribution >= 4 is 39.7 Å². The zero-order valence-corrected chi connectivity index (χ0v) is 12.5. The Hall–Kier alpha value is -2.03. The van der Waals surface area contributed by atoms with Gasteiger partial charge in [0.05, 0.1) is 5.69 Å². The van der Waals surface area contributed by atoms with E-state index in [9.17, 15) is 5.11 Å². The van der Waals surface area contributed by atoms with Crippen molar-refractivity contribution in [2.45, 2.75) is 0 Å². The van der Waals surface area contributed by atoms with E-state index in [0.717, 1.165) is 10.9 Å². The molecule has 0 atom stereocenters. The lowest BCUT2D eigenvalue weighted by atomic mass is 10.0. The molecule has 0 aliphatic rings. The van der Waals surface area contributed by atoms with Gasteiger partial charge in [-0.25, -0.2) is 4.98 Å². The van der Waals surface area contributed by atoms with Gasteiger partial charge in [0.15, 0.2) is 0 Å². The van der Waals surface area contributed by atoms with E-state index in [0.29, 0.717) is 26.8 Å². The lowest BCUT2D eigenvalue weighted by Gasteiger charge is -2.09. The van der Waals surface area contributed by atoms with Crippen LogP contribution in [0.25, 0.3) is 16.5 Å². The van der Waals surface area contributed by atoms with Crippen molar-refractivity contribution in [2.75, 3.05) is 0 Å². The van der Waals surface area contributed by atoms with Crippen LogP contribution in [-0.4, -0.2) is 10.1 Å². The number of pyridine rings is 1. The molecule has 104 valence electrons. The largest absolute Gasteiger partial charge is 0.506 e. The number of aromatic hydroxyl groups is 1. The van der Waals surface area contributed by atoms with E-state index in [1.54, 1.807) is 24.3 Å². The van der Waals surface area contributed by atoms with Gasteiger partial charge >= 0.3 is 0 Å². The van der Waals surface area contributed by atoms with Crippen molar-refractivity contribution in [1.29, 1.82) is 0 Å². The minimum Gasteiger partial charge on any atom is -0.506 e. The highest BCUT2D eigenvalue weighted by molar-refractivity contribution is 6.35. The monoisotopic (exact) mass is 315 g/mol. The zero-order valence-electron chi connectivity index (χ0n) is 11.0. The lowest BCUT2D eigenvalue weighted by molar-refractivity contribution is 0.480. The molecule has 0 unspecified atom stereocenters. The third-order valence-electron chi connectivity index (χ3n) is 3.26. The summed E-state index contributed by atoms with van der Waals surface area (Å²) in [5.74, 6) is 0.143. The summed E-state index contributed by atoms with van der Waals surface area (Å²) in [6, 6.07) is 14.3. The molecule has 4 heteroatoms. The number of para-hydroxylation sites is 1. The molecule has 2 aromatic carbocycles. The summed E-state index contributed by atoms with van der Waals surface area (Å²) >= 11 is 12.1. The van der Waals surface area contributed by atoms with Crippen molar-refractivity contribution < 1.29 is 5.11 Å². The number of rotatable bonds is 2. The number of nitrogens with zero attached hydrogens (tertiary/aromatic N) is 1. The topological polar surface area (TPSA) is 33.1 Å². The molecule has 3 rings (SSSR count). The van der Waals surface area contributed by atoms with Crippen molar-refractivity contribution in [3.8, 4) is 5.75 Å². The normalized spacial score (nSPS) is 10.8. The van der Waals surface area contributed by atoms with Crippen molar-refractivity contribution in [1.82, 2.24) is 4.98 Å². The molecule has 1 heterocycles. The third kappa shape index (κ3) is 2.60. The van der Waals surface area contributed by atoms with Crippen LogP contribution in [0.5, 0.6) is 5.75 Å². The Kier molecular flexibility index (Phi) is 3.58. The summed E-state index contributed by atoms with van der Waals surface area (Å²) in [6.07, 6.45) is 0. The van der Waals surface area contributed by atoms with Gasteiger partial charge in [-0.2, -0.15) is 0 Å². The SMILES string of the molecule is C=C(c1ccc2cccc(O)c2n1)c1ccc(Cl)cc1Cl. The van der Waals surface area contributed by atoms with Gasteiger partial charge in [-0.3, -0.25) is 0 Å². The van der Waals surface area contributed by atoms with Crippen LogP contribution >= 0.6 is 23.2 Å². The van der Waals surface area contributed by atoms with Crippen LogP contribution in [0.4, 0.5) is 0 Å². The highest BCUT2D eigenvalue weighted by Crippen LogP contribution is 2.31. The average Bonchev–Trinajstić information content (AvgIpc) is 2.47. The number of hydrogen-bond acceptors (Lipinski definition) is 2. The van der Waals surface area contributed by atoms with Crippen LogP contribution in [0, 0.1) is 0 Å². The molecule has 3 aromatic rings. The third-order valence-corrected chi connectivity index (χ3v) is 3.81. The van der Waals surface area contributed by atoms with Crippen LogP contribution in [0.3, 0.4) is 0 Å². The maximum atomic E-state index is 9.90. The molecule has 0 spiro atoms. The molecule has 0 bridgehead atoms. The highest BCUT2D eigenvalue weighted by atomic mass is 35.5. The number of fused-ring (bicyclic) bond motifs is 1. The second-order valence-corrected chi connectivity index (χ2v) is 5.49. The molecule has 0 saturated heterocycles. The summed E-state index contributed by atoms with van der Waals surface area (Å²) < 4.78 is 0. The first-order valence-corrected chi connectivity index (χ1v) is 7.05. The molecule has 0 aliphatic heterocycles.